The smallest absolute Gasteiger partial charge is 0.253 e. The van der Waals surface area contributed by atoms with Crippen molar-refractivity contribution in [1.82, 2.24) is 15.5 Å². The fourth-order valence-corrected chi connectivity index (χ4v) is 1.78. The highest BCUT2D eigenvalue weighted by molar-refractivity contribution is 5.36. The van der Waals surface area contributed by atoms with Crippen molar-refractivity contribution < 1.29 is 13.5 Å². The van der Waals surface area contributed by atoms with Gasteiger partial charge in [0.15, 0.2) is 6.61 Å². The van der Waals surface area contributed by atoms with Crippen LogP contribution in [0.15, 0.2) is 22.6 Å². The van der Waals surface area contributed by atoms with Crippen LogP contribution in [0, 0.1) is 5.82 Å². The lowest BCUT2D eigenvalue weighted by molar-refractivity contribution is 0.254. The summed E-state index contributed by atoms with van der Waals surface area (Å²) in [5.74, 6) is 1.08. The van der Waals surface area contributed by atoms with Crippen molar-refractivity contribution in [3.63, 3.8) is 0 Å². The minimum Gasteiger partial charge on any atom is -0.483 e. The van der Waals surface area contributed by atoms with E-state index in [4.69, 9.17) is 9.15 Å². The number of hydrogen-bond acceptors (Lipinski definition) is 5. The Morgan fingerprint density at radius 3 is 2.75 bits per heavy atom. The van der Waals surface area contributed by atoms with Crippen LogP contribution < -0.4 is 10.1 Å². The van der Waals surface area contributed by atoms with Crippen molar-refractivity contribution in [2.45, 2.75) is 32.9 Å². The number of aromatic nitrogens is 2. The van der Waals surface area contributed by atoms with Gasteiger partial charge in [0.05, 0.1) is 0 Å². The molecule has 1 aromatic heterocycles. The predicted octanol–water partition coefficient (Wildman–Crippen LogP) is 2.63. The van der Waals surface area contributed by atoms with E-state index in [0.29, 0.717) is 24.0 Å². The Balaban J connectivity index is 2.13. The summed E-state index contributed by atoms with van der Waals surface area (Å²) in [5.41, 5.74) is 0.879. The Labute approximate surface area is 117 Å². The third-order valence-electron chi connectivity index (χ3n) is 3.04. The van der Waals surface area contributed by atoms with Gasteiger partial charge in [0, 0.05) is 24.1 Å². The quantitative estimate of drug-likeness (QED) is 0.880. The topological polar surface area (TPSA) is 60.2 Å². The molecule has 1 atom stereocenters. The highest BCUT2D eigenvalue weighted by atomic mass is 19.1. The monoisotopic (exact) mass is 279 g/mol. The Morgan fingerprint density at radius 2 is 2.10 bits per heavy atom. The van der Waals surface area contributed by atoms with Gasteiger partial charge in [-0.3, -0.25) is 0 Å². The first-order chi connectivity index (χ1) is 9.63. The molecule has 6 heteroatoms. The van der Waals surface area contributed by atoms with Gasteiger partial charge in [0.2, 0.25) is 5.89 Å². The summed E-state index contributed by atoms with van der Waals surface area (Å²) in [4.78, 5) is 0. The fourth-order valence-electron chi connectivity index (χ4n) is 1.78. The van der Waals surface area contributed by atoms with E-state index in [0.717, 1.165) is 5.56 Å². The summed E-state index contributed by atoms with van der Waals surface area (Å²) in [6.45, 7) is 4.03. The van der Waals surface area contributed by atoms with E-state index in [2.05, 4.69) is 15.5 Å². The van der Waals surface area contributed by atoms with Crippen LogP contribution in [0.2, 0.25) is 0 Å². The zero-order valence-electron chi connectivity index (χ0n) is 11.8. The molecule has 0 aliphatic heterocycles. The van der Waals surface area contributed by atoms with Crippen LogP contribution in [-0.4, -0.2) is 17.2 Å². The number of aryl methyl sites for hydroxylation is 1. The van der Waals surface area contributed by atoms with Gasteiger partial charge in [-0.15, -0.1) is 10.2 Å². The summed E-state index contributed by atoms with van der Waals surface area (Å²) in [7, 11) is 1.84. The normalized spacial score (nSPS) is 12.4. The van der Waals surface area contributed by atoms with Gasteiger partial charge in [-0.1, -0.05) is 13.0 Å². The molecule has 0 spiro atoms. The fraction of sp³-hybridized carbons (Fsp3) is 0.429. The van der Waals surface area contributed by atoms with Gasteiger partial charge in [-0.2, -0.15) is 0 Å². The van der Waals surface area contributed by atoms with Gasteiger partial charge >= 0.3 is 0 Å². The van der Waals surface area contributed by atoms with Crippen molar-refractivity contribution in [2.24, 2.45) is 0 Å². The zero-order chi connectivity index (χ0) is 14.5. The zero-order valence-corrected chi connectivity index (χ0v) is 11.8. The molecule has 1 unspecified atom stereocenters. The lowest BCUT2D eigenvalue weighted by Crippen LogP contribution is -2.14. The van der Waals surface area contributed by atoms with E-state index in [1.54, 1.807) is 6.07 Å². The van der Waals surface area contributed by atoms with Gasteiger partial charge < -0.3 is 14.5 Å². The van der Waals surface area contributed by atoms with E-state index in [9.17, 15) is 4.39 Å². The summed E-state index contributed by atoms with van der Waals surface area (Å²) in [5, 5.41) is 10.8. The molecule has 0 bridgehead atoms. The van der Waals surface area contributed by atoms with Crippen LogP contribution in [0.5, 0.6) is 5.75 Å². The molecule has 0 aliphatic carbocycles. The largest absolute Gasteiger partial charge is 0.483 e. The summed E-state index contributed by atoms with van der Waals surface area (Å²) >= 11 is 0. The van der Waals surface area contributed by atoms with Crippen molar-refractivity contribution in [3.05, 3.63) is 41.4 Å². The number of hydrogen-bond donors (Lipinski definition) is 1. The molecule has 2 aromatic rings. The molecule has 0 saturated carbocycles. The standard InChI is InChI=1S/C14H18FN3O2/c1-4-13-17-18-14(20-13)8-19-12-7-10(15)5-6-11(12)9(2)16-3/h5-7,9,16H,4,8H2,1-3H3. The average Bonchev–Trinajstić information content (AvgIpc) is 2.92. The maximum Gasteiger partial charge on any atom is 0.253 e. The minimum absolute atomic E-state index is 0.0551. The molecular weight excluding hydrogens is 261 g/mol. The van der Waals surface area contributed by atoms with Crippen LogP contribution in [0.1, 0.15) is 37.2 Å². The Kier molecular flexibility index (Phi) is 4.68. The number of benzene rings is 1. The number of rotatable bonds is 6. The van der Waals surface area contributed by atoms with Crippen LogP contribution in [0.3, 0.4) is 0 Å². The maximum absolute atomic E-state index is 13.3. The Bertz CT molecular complexity index is 571. The molecule has 2 rings (SSSR count). The van der Waals surface area contributed by atoms with E-state index >= 15 is 0 Å². The molecule has 0 aliphatic rings. The van der Waals surface area contributed by atoms with E-state index in [1.165, 1.54) is 12.1 Å². The third kappa shape index (κ3) is 3.33. The van der Waals surface area contributed by atoms with E-state index in [-0.39, 0.29) is 18.5 Å². The first-order valence-corrected chi connectivity index (χ1v) is 6.54. The first-order valence-electron chi connectivity index (χ1n) is 6.54. The predicted molar refractivity (Wildman–Crippen MR) is 71.9 cm³/mol. The lowest BCUT2D eigenvalue weighted by Gasteiger charge is -2.15. The molecule has 0 amide bonds. The molecule has 5 nitrogen and oxygen atoms in total. The van der Waals surface area contributed by atoms with Gasteiger partial charge in [-0.25, -0.2) is 4.39 Å². The Morgan fingerprint density at radius 1 is 1.35 bits per heavy atom. The SMILES string of the molecule is CCc1nnc(COc2cc(F)ccc2C(C)NC)o1. The van der Waals surface area contributed by atoms with Gasteiger partial charge in [0.25, 0.3) is 5.89 Å². The van der Waals surface area contributed by atoms with Crippen LogP contribution in [-0.2, 0) is 13.0 Å². The highest BCUT2D eigenvalue weighted by Crippen LogP contribution is 2.26. The highest BCUT2D eigenvalue weighted by Gasteiger charge is 2.13. The molecule has 1 aromatic carbocycles. The van der Waals surface area contributed by atoms with Crippen LogP contribution in [0.25, 0.3) is 0 Å². The molecule has 108 valence electrons. The van der Waals surface area contributed by atoms with Crippen molar-refractivity contribution in [3.8, 4) is 5.75 Å². The van der Waals surface area contributed by atoms with E-state index < -0.39 is 0 Å². The van der Waals surface area contributed by atoms with Gasteiger partial charge in [0.1, 0.15) is 11.6 Å². The summed E-state index contributed by atoms with van der Waals surface area (Å²) in [6.07, 6.45) is 0.676. The number of ether oxygens (including phenoxy) is 1. The second kappa shape index (κ2) is 6.47. The Hall–Kier alpha value is -1.95. The molecule has 0 radical (unpaired) electrons. The van der Waals surface area contributed by atoms with Gasteiger partial charge in [-0.05, 0) is 20.0 Å². The molecule has 0 saturated heterocycles. The minimum atomic E-state index is -0.341. The van der Waals surface area contributed by atoms with Crippen molar-refractivity contribution in [1.29, 1.82) is 0 Å². The third-order valence-corrected chi connectivity index (χ3v) is 3.04. The maximum atomic E-state index is 13.3. The number of halogens is 1. The molecular formula is C14H18FN3O2. The molecule has 1 heterocycles. The number of nitrogens with zero attached hydrogens (tertiary/aromatic N) is 2. The van der Waals surface area contributed by atoms with Crippen LogP contribution >= 0.6 is 0 Å². The van der Waals surface area contributed by atoms with Crippen molar-refractivity contribution >= 4 is 0 Å². The number of nitrogens with one attached hydrogen (secondary N) is 1. The lowest BCUT2D eigenvalue weighted by atomic mass is 10.1. The second-order valence-corrected chi connectivity index (χ2v) is 4.42. The molecule has 20 heavy (non-hydrogen) atoms. The van der Waals surface area contributed by atoms with E-state index in [1.807, 2.05) is 20.9 Å². The van der Waals surface area contributed by atoms with Crippen molar-refractivity contribution in [2.75, 3.05) is 7.05 Å². The average molecular weight is 279 g/mol. The molecule has 1 N–H and O–H groups in total. The summed E-state index contributed by atoms with van der Waals surface area (Å²) < 4.78 is 24.3. The summed E-state index contributed by atoms with van der Waals surface area (Å²) in [6, 6.07) is 4.54. The molecule has 0 fully saturated rings. The van der Waals surface area contributed by atoms with Crippen LogP contribution in [0.4, 0.5) is 4.39 Å². The second-order valence-electron chi connectivity index (χ2n) is 4.42. The first kappa shape index (κ1) is 14.5.